The maximum atomic E-state index is 13.3. The van der Waals surface area contributed by atoms with Gasteiger partial charge in [0.05, 0.1) is 5.56 Å². The van der Waals surface area contributed by atoms with Crippen molar-refractivity contribution in [2.45, 2.75) is 19.4 Å². The summed E-state index contributed by atoms with van der Waals surface area (Å²) < 4.78 is 31.5. The molecule has 94 valence electrons. The van der Waals surface area contributed by atoms with Crippen LogP contribution in [0.1, 0.15) is 19.4 Å². The molecule has 0 radical (unpaired) electrons. The zero-order chi connectivity index (χ0) is 13.1. The fraction of sp³-hybridized carbons (Fsp3) is 0.417. The molecular weight excluding hydrogens is 228 g/mol. The minimum Gasteiger partial charge on any atom is -0.623 e. The number of ether oxygens (including phenoxy) is 1. The number of hydrogen-bond acceptors (Lipinski definition) is 2. The van der Waals surface area contributed by atoms with E-state index in [4.69, 9.17) is 4.74 Å². The zero-order valence-corrected chi connectivity index (χ0v) is 10.0. The lowest BCUT2D eigenvalue weighted by Gasteiger charge is -2.22. The van der Waals surface area contributed by atoms with Gasteiger partial charge in [0.25, 0.3) is 0 Å². The highest BCUT2D eigenvalue weighted by atomic mass is 19.1. The molecule has 5 heteroatoms. The van der Waals surface area contributed by atoms with Crippen molar-refractivity contribution < 1.29 is 18.3 Å². The molecule has 0 unspecified atom stereocenters. The second-order valence-electron chi connectivity index (χ2n) is 4.37. The predicted molar refractivity (Wildman–Crippen MR) is 61.1 cm³/mol. The monoisotopic (exact) mass is 243 g/mol. The Bertz CT molecular complexity index is 431. The van der Waals surface area contributed by atoms with Crippen LogP contribution in [-0.2, 0) is 4.74 Å². The molecule has 0 N–H and O–H groups in total. The Balaban J connectivity index is 3.02. The van der Waals surface area contributed by atoms with Gasteiger partial charge in [-0.2, -0.15) is 0 Å². The fourth-order valence-corrected chi connectivity index (χ4v) is 1.32. The fourth-order valence-electron chi connectivity index (χ4n) is 1.32. The second-order valence-corrected chi connectivity index (χ2v) is 4.37. The quantitative estimate of drug-likeness (QED) is 0.352. The summed E-state index contributed by atoms with van der Waals surface area (Å²) in [6, 6.07) is 3.06. The number of hydroxylamine groups is 1. The number of methoxy groups -OCH3 is 1. The van der Waals surface area contributed by atoms with Gasteiger partial charge < -0.3 is 9.94 Å². The summed E-state index contributed by atoms with van der Waals surface area (Å²) in [5.41, 5.74) is -0.763. The summed E-state index contributed by atoms with van der Waals surface area (Å²) in [7, 11) is 1.48. The van der Waals surface area contributed by atoms with Crippen molar-refractivity contribution in [2.24, 2.45) is 0 Å². The van der Waals surface area contributed by atoms with Gasteiger partial charge in [-0.25, -0.2) is 13.5 Å². The number of benzene rings is 1. The molecule has 0 aliphatic heterocycles. The molecule has 0 aliphatic carbocycles. The normalized spacial score (nSPS) is 12.9. The Labute approximate surface area is 98.9 Å². The smallest absolute Gasteiger partial charge is 0.190 e. The Morgan fingerprint density at radius 3 is 2.59 bits per heavy atom. The van der Waals surface area contributed by atoms with E-state index in [9.17, 15) is 14.0 Å². The van der Waals surface area contributed by atoms with Crippen LogP contribution < -0.4 is 0 Å². The molecule has 0 saturated heterocycles. The Morgan fingerprint density at radius 1 is 1.41 bits per heavy atom. The van der Waals surface area contributed by atoms with E-state index in [-0.39, 0.29) is 12.2 Å². The molecule has 0 heterocycles. The lowest BCUT2D eigenvalue weighted by molar-refractivity contribution is -0.540. The molecule has 0 saturated carbocycles. The van der Waals surface area contributed by atoms with E-state index >= 15 is 0 Å². The topological polar surface area (TPSA) is 35.3 Å². The van der Waals surface area contributed by atoms with Gasteiger partial charge in [-0.05, 0) is 12.1 Å². The first-order chi connectivity index (χ1) is 7.86. The third-order valence-corrected chi connectivity index (χ3v) is 2.31. The molecule has 3 nitrogen and oxygen atoms in total. The van der Waals surface area contributed by atoms with Gasteiger partial charge in [0.1, 0.15) is 18.2 Å². The van der Waals surface area contributed by atoms with Crippen LogP contribution in [0.5, 0.6) is 0 Å². The van der Waals surface area contributed by atoms with Crippen LogP contribution in [0, 0.1) is 16.8 Å². The van der Waals surface area contributed by atoms with Crippen molar-refractivity contribution in [1.82, 2.24) is 0 Å². The van der Waals surface area contributed by atoms with E-state index in [1.165, 1.54) is 13.2 Å². The molecule has 1 aromatic carbocycles. The first-order valence-electron chi connectivity index (χ1n) is 5.12. The van der Waals surface area contributed by atoms with E-state index in [1.54, 1.807) is 13.8 Å². The Hall–Kier alpha value is -1.49. The highest BCUT2D eigenvalue weighted by Gasteiger charge is 2.26. The maximum Gasteiger partial charge on any atom is 0.190 e. The second kappa shape index (κ2) is 5.23. The third-order valence-electron chi connectivity index (χ3n) is 2.31. The van der Waals surface area contributed by atoms with Crippen LogP contribution >= 0.6 is 0 Å². The highest BCUT2D eigenvalue weighted by Crippen LogP contribution is 2.11. The minimum atomic E-state index is -0.810. The van der Waals surface area contributed by atoms with E-state index in [2.05, 4.69) is 0 Å². The molecule has 1 rings (SSSR count). The van der Waals surface area contributed by atoms with Crippen LogP contribution in [0.2, 0.25) is 0 Å². The van der Waals surface area contributed by atoms with E-state index in [1.807, 2.05) is 0 Å². The van der Waals surface area contributed by atoms with Crippen LogP contribution in [0.3, 0.4) is 0 Å². The summed E-state index contributed by atoms with van der Waals surface area (Å²) in [5, 5.41) is 11.8. The van der Waals surface area contributed by atoms with Gasteiger partial charge in [-0.1, -0.05) is 0 Å². The van der Waals surface area contributed by atoms with Gasteiger partial charge >= 0.3 is 0 Å². The molecule has 0 bridgehead atoms. The average Bonchev–Trinajstić information content (AvgIpc) is 2.22. The van der Waals surface area contributed by atoms with Crippen molar-refractivity contribution in [2.75, 3.05) is 13.7 Å². The van der Waals surface area contributed by atoms with Crippen molar-refractivity contribution >= 4 is 6.21 Å². The maximum absolute atomic E-state index is 13.3. The number of nitrogens with zero attached hydrogens (tertiary/aromatic N) is 1. The lowest BCUT2D eigenvalue weighted by atomic mass is 10.1. The van der Waals surface area contributed by atoms with Crippen LogP contribution in [0.25, 0.3) is 0 Å². The predicted octanol–water partition coefficient (Wildman–Crippen LogP) is 2.32. The van der Waals surface area contributed by atoms with Gasteiger partial charge in [0.15, 0.2) is 11.8 Å². The third kappa shape index (κ3) is 3.49. The summed E-state index contributed by atoms with van der Waals surface area (Å²) in [6.07, 6.45) is 1.09. The average molecular weight is 243 g/mol. The zero-order valence-electron chi connectivity index (χ0n) is 10.0. The summed E-state index contributed by atoms with van der Waals surface area (Å²) >= 11 is 0. The molecule has 0 aromatic heterocycles. The van der Waals surface area contributed by atoms with Gasteiger partial charge in [0.2, 0.25) is 0 Å². The summed E-state index contributed by atoms with van der Waals surface area (Å²) in [4.78, 5) is 0. The van der Waals surface area contributed by atoms with Crippen LogP contribution in [0.4, 0.5) is 8.78 Å². The first kappa shape index (κ1) is 13.6. The minimum absolute atomic E-state index is 0.0468. The number of hydrogen-bond donors (Lipinski definition) is 0. The van der Waals surface area contributed by atoms with Crippen molar-refractivity contribution in [3.63, 3.8) is 0 Å². The number of halogens is 2. The summed E-state index contributed by atoms with van der Waals surface area (Å²) in [6.45, 7) is 3.54. The van der Waals surface area contributed by atoms with E-state index in [0.29, 0.717) is 4.74 Å². The van der Waals surface area contributed by atoms with Gasteiger partial charge in [-0.3, -0.25) is 0 Å². The van der Waals surface area contributed by atoms with Gasteiger partial charge in [0, 0.05) is 27.0 Å². The molecule has 17 heavy (non-hydrogen) atoms. The SMILES string of the molecule is COCC(C)(C)/[N+]([O-])=C/c1ccc(F)cc1F. The molecule has 0 atom stereocenters. The molecular formula is C12H15F2NO2. The first-order valence-corrected chi connectivity index (χ1v) is 5.12. The van der Waals surface area contributed by atoms with Gasteiger partial charge in [-0.15, -0.1) is 0 Å². The number of rotatable bonds is 4. The summed E-state index contributed by atoms with van der Waals surface area (Å²) in [5.74, 6) is -1.44. The highest BCUT2D eigenvalue weighted by molar-refractivity contribution is 5.76. The van der Waals surface area contributed by atoms with E-state index < -0.39 is 17.2 Å². The van der Waals surface area contributed by atoms with E-state index in [0.717, 1.165) is 18.3 Å². The van der Waals surface area contributed by atoms with Crippen LogP contribution in [0.15, 0.2) is 18.2 Å². The molecule has 0 amide bonds. The Kier molecular flexibility index (Phi) is 4.17. The molecule has 0 aliphatic rings. The lowest BCUT2D eigenvalue weighted by Crippen LogP contribution is -2.38. The molecule has 1 aromatic rings. The van der Waals surface area contributed by atoms with Crippen molar-refractivity contribution in [1.29, 1.82) is 0 Å². The van der Waals surface area contributed by atoms with Crippen LogP contribution in [-0.4, -0.2) is 30.2 Å². The molecule has 0 fully saturated rings. The largest absolute Gasteiger partial charge is 0.623 e. The Morgan fingerprint density at radius 2 is 2.06 bits per heavy atom. The standard InChI is InChI=1S/C12H15F2NO2/c1-12(2,8-17-3)15(16)7-9-4-5-10(13)6-11(9)14/h4-7H,8H2,1-3H3/b15-7-. The van der Waals surface area contributed by atoms with Crippen molar-refractivity contribution in [3.8, 4) is 0 Å². The van der Waals surface area contributed by atoms with Crippen molar-refractivity contribution in [3.05, 3.63) is 40.6 Å². The molecule has 0 spiro atoms.